The number of hydrogen-bond acceptors (Lipinski definition) is 3. The topological polar surface area (TPSA) is 41.6 Å². The number of likely N-dealkylation sites (tertiary alicyclic amines) is 1. The molecule has 1 atom stereocenters. The van der Waals surface area contributed by atoms with Crippen LogP contribution < -0.4 is 5.32 Å². The zero-order valence-corrected chi connectivity index (χ0v) is 16.1. The highest BCUT2D eigenvalue weighted by molar-refractivity contribution is 5.75. The first-order valence-corrected chi connectivity index (χ1v) is 10.1. The van der Waals surface area contributed by atoms with Crippen LogP contribution in [0.4, 0.5) is 13.2 Å². The standard InChI is InChI=1S/C21H29F3N2O2/c22-21(23,24)19-3-1-2-17(12-19)13-25-20(27)5-4-16-6-9-26(10-7-16)14-18-8-11-28-15-18/h1-3,12,16,18H,4-11,13-15H2,(H,25,27)/t18-/m1/s1. The highest BCUT2D eigenvalue weighted by atomic mass is 19.4. The third kappa shape index (κ3) is 6.48. The predicted octanol–water partition coefficient (Wildman–Crippen LogP) is 3.85. The summed E-state index contributed by atoms with van der Waals surface area (Å²) in [5.74, 6) is 1.12. The Morgan fingerprint density at radius 1 is 1.18 bits per heavy atom. The van der Waals surface area contributed by atoms with Gasteiger partial charge in [-0.15, -0.1) is 0 Å². The molecule has 1 aromatic carbocycles. The number of halogens is 3. The number of piperidine rings is 1. The molecule has 0 radical (unpaired) electrons. The summed E-state index contributed by atoms with van der Waals surface area (Å²) in [6.45, 7) is 5.16. The minimum absolute atomic E-state index is 0.0945. The Morgan fingerprint density at radius 3 is 2.64 bits per heavy atom. The average Bonchev–Trinajstić information content (AvgIpc) is 3.18. The minimum atomic E-state index is -4.36. The molecule has 28 heavy (non-hydrogen) atoms. The Morgan fingerprint density at radius 2 is 1.96 bits per heavy atom. The fourth-order valence-corrected chi connectivity index (χ4v) is 4.03. The van der Waals surface area contributed by atoms with Crippen molar-refractivity contribution < 1.29 is 22.7 Å². The lowest BCUT2D eigenvalue weighted by Crippen LogP contribution is -2.37. The van der Waals surface area contributed by atoms with Gasteiger partial charge in [-0.25, -0.2) is 0 Å². The zero-order chi connectivity index (χ0) is 20.0. The van der Waals surface area contributed by atoms with Crippen molar-refractivity contribution in [3.63, 3.8) is 0 Å². The smallest absolute Gasteiger partial charge is 0.381 e. The van der Waals surface area contributed by atoms with E-state index in [1.807, 2.05) is 0 Å². The number of rotatable bonds is 7. The normalized spacial score (nSPS) is 21.8. The summed E-state index contributed by atoms with van der Waals surface area (Å²) in [5.41, 5.74) is -0.220. The summed E-state index contributed by atoms with van der Waals surface area (Å²) in [5, 5.41) is 2.74. The monoisotopic (exact) mass is 398 g/mol. The Kier molecular flexibility index (Phi) is 7.35. The van der Waals surface area contributed by atoms with Crippen molar-refractivity contribution in [3.05, 3.63) is 35.4 Å². The molecular formula is C21H29F3N2O2. The second-order valence-corrected chi connectivity index (χ2v) is 7.99. The van der Waals surface area contributed by atoms with Crippen molar-refractivity contribution >= 4 is 5.91 Å². The molecule has 2 aliphatic rings. The second-order valence-electron chi connectivity index (χ2n) is 7.99. The molecule has 2 heterocycles. The Hall–Kier alpha value is -1.60. The number of benzene rings is 1. The summed E-state index contributed by atoms with van der Waals surface area (Å²) >= 11 is 0. The molecule has 0 spiro atoms. The van der Waals surface area contributed by atoms with Gasteiger partial charge in [-0.2, -0.15) is 13.2 Å². The highest BCUT2D eigenvalue weighted by Crippen LogP contribution is 2.29. The van der Waals surface area contributed by atoms with Crippen LogP contribution in [0, 0.1) is 11.8 Å². The van der Waals surface area contributed by atoms with Crippen molar-refractivity contribution in [1.29, 1.82) is 0 Å². The maximum Gasteiger partial charge on any atom is 0.416 e. The van der Waals surface area contributed by atoms with E-state index in [0.29, 0.717) is 23.8 Å². The minimum Gasteiger partial charge on any atom is -0.381 e. The highest BCUT2D eigenvalue weighted by Gasteiger charge is 2.30. The van der Waals surface area contributed by atoms with Crippen LogP contribution in [0.15, 0.2) is 24.3 Å². The molecule has 0 aromatic heterocycles. The maximum absolute atomic E-state index is 12.7. The molecule has 2 fully saturated rings. The first kappa shape index (κ1) is 21.1. The lowest BCUT2D eigenvalue weighted by atomic mass is 9.91. The molecule has 3 rings (SSSR count). The van der Waals surface area contributed by atoms with Gasteiger partial charge < -0.3 is 15.0 Å². The molecule has 156 valence electrons. The van der Waals surface area contributed by atoms with E-state index in [0.717, 1.165) is 70.7 Å². The average molecular weight is 398 g/mol. The summed E-state index contributed by atoms with van der Waals surface area (Å²) in [6.07, 6.45) is 0.281. The van der Waals surface area contributed by atoms with E-state index in [9.17, 15) is 18.0 Å². The number of hydrogen-bond donors (Lipinski definition) is 1. The third-order valence-electron chi connectivity index (χ3n) is 5.77. The molecule has 1 N–H and O–H groups in total. The Bertz CT molecular complexity index is 637. The number of nitrogens with one attached hydrogen (secondary N) is 1. The van der Waals surface area contributed by atoms with Crippen molar-refractivity contribution in [3.8, 4) is 0 Å². The van der Waals surface area contributed by atoms with Crippen LogP contribution in [0.5, 0.6) is 0 Å². The molecule has 0 unspecified atom stereocenters. The lowest BCUT2D eigenvalue weighted by Gasteiger charge is -2.33. The Labute approximate surface area is 164 Å². The van der Waals surface area contributed by atoms with Crippen LogP contribution in [0.2, 0.25) is 0 Å². The fraction of sp³-hybridized carbons (Fsp3) is 0.667. The van der Waals surface area contributed by atoms with Gasteiger partial charge in [-0.05, 0) is 68.3 Å². The predicted molar refractivity (Wildman–Crippen MR) is 101 cm³/mol. The van der Waals surface area contributed by atoms with E-state index in [4.69, 9.17) is 4.74 Å². The van der Waals surface area contributed by atoms with Crippen LogP contribution in [0.25, 0.3) is 0 Å². The van der Waals surface area contributed by atoms with E-state index < -0.39 is 11.7 Å². The van der Waals surface area contributed by atoms with E-state index in [1.54, 1.807) is 6.07 Å². The van der Waals surface area contributed by atoms with Gasteiger partial charge in [0.2, 0.25) is 5.91 Å². The molecular weight excluding hydrogens is 369 g/mol. The van der Waals surface area contributed by atoms with Crippen LogP contribution in [-0.2, 0) is 22.3 Å². The maximum atomic E-state index is 12.7. The molecule has 4 nitrogen and oxygen atoms in total. The quantitative estimate of drug-likeness (QED) is 0.759. The Balaban J connectivity index is 1.33. The van der Waals surface area contributed by atoms with Crippen LogP contribution in [0.3, 0.4) is 0 Å². The molecule has 2 aliphatic heterocycles. The third-order valence-corrected chi connectivity index (χ3v) is 5.77. The largest absolute Gasteiger partial charge is 0.416 e. The van der Waals surface area contributed by atoms with E-state index in [-0.39, 0.29) is 12.5 Å². The van der Waals surface area contributed by atoms with Gasteiger partial charge in [0, 0.05) is 26.1 Å². The summed E-state index contributed by atoms with van der Waals surface area (Å²) < 4.78 is 43.6. The fourth-order valence-electron chi connectivity index (χ4n) is 4.03. The van der Waals surface area contributed by atoms with E-state index in [2.05, 4.69) is 10.2 Å². The van der Waals surface area contributed by atoms with Crippen LogP contribution >= 0.6 is 0 Å². The number of ether oxygens (including phenoxy) is 1. The van der Waals surface area contributed by atoms with Gasteiger partial charge in [0.1, 0.15) is 0 Å². The van der Waals surface area contributed by atoms with Crippen molar-refractivity contribution in [2.24, 2.45) is 11.8 Å². The lowest BCUT2D eigenvalue weighted by molar-refractivity contribution is -0.137. The van der Waals surface area contributed by atoms with Crippen molar-refractivity contribution in [1.82, 2.24) is 10.2 Å². The number of amides is 1. The number of alkyl halides is 3. The molecule has 0 aliphatic carbocycles. The molecule has 2 saturated heterocycles. The summed E-state index contributed by atoms with van der Waals surface area (Å²) in [6, 6.07) is 5.10. The first-order valence-electron chi connectivity index (χ1n) is 10.1. The van der Waals surface area contributed by atoms with Crippen LogP contribution in [0.1, 0.15) is 43.2 Å². The summed E-state index contributed by atoms with van der Waals surface area (Å²) in [7, 11) is 0. The van der Waals surface area contributed by atoms with Gasteiger partial charge in [-0.3, -0.25) is 4.79 Å². The van der Waals surface area contributed by atoms with Gasteiger partial charge in [0.15, 0.2) is 0 Å². The van der Waals surface area contributed by atoms with Gasteiger partial charge in [0.05, 0.1) is 12.2 Å². The molecule has 7 heteroatoms. The van der Waals surface area contributed by atoms with E-state index >= 15 is 0 Å². The second kappa shape index (κ2) is 9.74. The SMILES string of the molecule is O=C(CCC1CCN(C[C@H]2CCOC2)CC1)NCc1cccc(C(F)(F)F)c1. The molecule has 0 saturated carbocycles. The van der Waals surface area contributed by atoms with E-state index in [1.165, 1.54) is 6.07 Å². The first-order chi connectivity index (χ1) is 13.4. The van der Waals surface area contributed by atoms with Crippen LogP contribution in [-0.4, -0.2) is 43.7 Å². The van der Waals surface area contributed by atoms with Gasteiger partial charge >= 0.3 is 6.18 Å². The zero-order valence-electron chi connectivity index (χ0n) is 16.1. The molecule has 1 aromatic rings. The number of carbonyl (C=O) groups excluding carboxylic acids is 1. The van der Waals surface area contributed by atoms with Gasteiger partial charge in [-0.1, -0.05) is 12.1 Å². The number of carbonyl (C=O) groups is 1. The summed E-state index contributed by atoms with van der Waals surface area (Å²) in [4.78, 5) is 14.6. The number of nitrogens with zero attached hydrogens (tertiary/aromatic N) is 1. The van der Waals surface area contributed by atoms with Crippen molar-refractivity contribution in [2.45, 2.75) is 44.8 Å². The molecule has 1 amide bonds. The van der Waals surface area contributed by atoms with Gasteiger partial charge in [0.25, 0.3) is 0 Å². The molecule has 0 bridgehead atoms. The van der Waals surface area contributed by atoms with Crippen molar-refractivity contribution in [2.75, 3.05) is 32.8 Å².